The molecule has 1 aliphatic rings. The van der Waals surface area contributed by atoms with E-state index in [2.05, 4.69) is 10.2 Å². The van der Waals surface area contributed by atoms with E-state index in [1.54, 1.807) is 29.9 Å². The lowest BCUT2D eigenvalue weighted by Crippen LogP contribution is -2.43. The number of hydrogen-bond donors (Lipinski definition) is 1. The number of carbonyl (C=O) groups is 1. The molecule has 0 unspecified atom stereocenters. The van der Waals surface area contributed by atoms with E-state index in [1.165, 1.54) is 6.07 Å². The summed E-state index contributed by atoms with van der Waals surface area (Å²) < 4.78 is 27.0. The molecule has 0 saturated carbocycles. The number of benzene rings is 2. The average molecular weight is 452 g/mol. The normalized spacial score (nSPS) is 15.3. The number of morpholine rings is 1. The minimum absolute atomic E-state index is 0.0128. The molecule has 3 aromatic rings. The molecule has 1 atom stereocenters. The minimum atomic E-state index is -0.321. The van der Waals surface area contributed by atoms with E-state index in [4.69, 9.17) is 9.47 Å². The zero-order chi connectivity index (χ0) is 23.4. The maximum atomic E-state index is 14.4. The predicted octanol–water partition coefficient (Wildman–Crippen LogP) is 4.05. The van der Waals surface area contributed by atoms with Gasteiger partial charge in [-0.25, -0.2) is 4.39 Å². The molecule has 1 fully saturated rings. The van der Waals surface area contributed by atoms with Crippen molar-refractivity contribution in [3.63, 3.8) is 0 Å². The number of hydrogen-bond acceptors (Lipinski definition) is 4. The minimum Gasteiger partial charge on any atom is -0.497 e. The molecule has 174 valence electrons. The summed E-state index contributed by atoms with van der Waals surface area (Å²) in [4.78, 5) is 15.5. The van der Waals surface area contributed by atoms with E-state index in [0.717, 1.165) is 30.1 Å². The molecule has 2 aromatic carbocycles. The highest BCUT2D eigenvalue weighted by atomic mass is 19.1. The first-order chi connectivity index (χ1) is 16.0. The van der Waals surface area contributed by atoms with Gasteiger partial charge in [-0.15, -0.1) is 0 Å². The number of rotatable bonds is 7. The van der Waals surface area contributed by atoms with Crippen molar-refractivity contribution in [3.05, 3.63) is 82.9 Å². The van der Waals surface area contributed by atoms with E-state index in [1.807, 2.05) is 44.2 Å². The summed E-state index contributed by atoms with van der Waals surface area (Å²) in [5.74, 6) is 0.305. The maximum Gasteiger partial charge on any atom is 0.253 e. The van der Waals surface area contributed by atoms with Gasteiger partial charge in [-0.2, -0.15) is 0 Å². The number of aromatic nitrogens is 1. The summed E-state index contributed by atoms with van der Waals surface area (Å²) in [5, 5.41) is 3.11. The second kappa shape index (κ2) is 10.2. The first-order valence-corrected chi connectivity index (χ1v) is 11.2. The summed E-state index contributed by atoms with van der Waals surface area (Å²) in [5.41, 5.74) is 3.61. The van der Waals surface area contributed by atoms with Crippen LogP contribution in [0.4, 0.5) is 4.39 Å². The summed E-state index contributed by atoms with van der Waals surface area (Å²) in [6.45, 7) is 7.12. The van der Waals surface area contributed by atoms with Crippen molar-refractivity contribution < 1.29 is 18.7 Å². The number of amides is 1. The first-order valence-electron chi connectivity index (χ1n) is 11.2. The smallest absolute Gasteiger partial charge is 0.253 e. The third kappa shape index (κ3) is 4.94. The van der Waals surface area contributed by atoms with Crippen LogP contribution in [0.25, 0.3) is 5.69 Å². The van der Waals surface area contributed by atoms with Gasteiger partial charge in [0, 0.05) is 31.0 Å². The summed E-state index contributed by atoms with van der Waals surface area (Å²) in [6, 6.07) is 16.4. The molecule has 6 nitrogen and oxygen atoms in total. The van der Waals surface area contributed by atoms with Gasteiger partial charge in [-0.1, -0.05) is 24.3 Å². The fourth-order valence-electron chi connectivity index (χ4n) is 4.45. The van der Waals surface area contributed by atoms with Gasteiger partial charge in [0.1, 0.15) is 11.6 Å². The Morgan fingerprint density at radius 3 is 2.48 bits per heavy atom. The van der Waals surface area contributed by atoms with Crippen molar-refractivity contribution >= 4 is 5.91 Å². The third-order valence-corrected chi connectivity index (χ3v) is 6.21. The topological polar surface area (TPSA) is 55.7 Å². The fourth-order valence-corrected chi connectivity index (χ4v) is 4.45. The predicted molar refractivity (Wildman–Crippen MR) is 126 cm³/mol. The van der Waals surface area contributed by atoms with Gasteiger partial charge in [0.15, 0.2) is 0 Å². The molecule has 1 amide bonds. The SMILES string of the molecule is COc1ccc([C@H](CNC(=O)c2cc(C)n(-c3ccccc3F)c2C)N2CCOCC2)cc1. The molecule has 2 heterocycles. The van der Waals surface area contributed by atoms with Crippen LogP contribution in [-0.2, 0) is 4.74 Å². The standard InChI is InChI=1S/C26H30FN3O3/c1-18-16-22(19(2)30(18)24-7-5-4-6-23(24)27)26(31)28-17-25(29-12-14-33-15-13-29)20-8-10-21(32-3)11-9-20/h4-11,16,25H,12-15,17H2,1-3H3,(H,28,31)/t25-/m0/s1. The molecule has 0 radical (unpaired) electrons. The number of methoxy groups -OCH3 is 1. The molecule has 0 aliphatic carbocycles. The van der Waals surface area contributed by atoms with Crippen molar-refractivity contribution in [1.29, 1.82) is 0 Å². The highest BCUT2D eigenvalue weighted by Gasteiger charge is 2.25. The van der Waals surface area contributed by atoms with E-state index in [9.17, 15) is 9.18 Å². The van der Waals surface area contributed by atoms with Gasteiger partial charge >= 0.3 is 0 Å². The molecule has 1 aromatic heterocycles. The molecule has 1 saturated heterocycles. The Hall–Kier alpha value is -3.16. The van der Waals surface area contributed by atoms with E-state index in [-0.39, 0.29) is 17.8 Å². The summed E-state index contributed by atoms with van der Waals surface area (Å²) in [6.07, 6.45) is 0. The number of aryl methyl sites for hydroxylation is 1. The van der Waals surface area contributed by atoms with Crippen LogP contribution in [0.1, 0.15) is 33.4 Å². The van der Waals surface area contributed by atoms with Crippen molar-refractivity contribution in [2.45, 2.75) is 19.9 Å². The Kier molecular flexibility index (Phi) is 7.11. The van der Waals surface area contributed by atoms with Crippen molar-refractivity contribution in [2.24, 2.45) is 0 Å². The molecule has 0 spiro atoms. The lowest BCUT2D eigenvalue weighted by molar-refractivity contribution is 0.0162. The Morgan fingerprint density at radius 2 is 1.82 bits per heavy atom. The second-order valence-electron chi connectivity index (χ2n) is 8.22. The highest BCUT2D eigenvalue weighted by Crippen LogP contribution is 2.25. The Morgan fingerprint density at radius 1 is 1.12 bits per heavy atom. The largest absolute Gasteiger partial charge is 0.497 e. The molecule has 0 bridgehead atoms. The van der Waals surface area contributed by atoms with Crippen LogP contribution in [0.5, 0.6) is 5.75 Å². The van der Waals surface area contributed by atoms with Gasteiger partial charge < -0.3 is 19.4 Å². The number of carbonyl (C=O) groups excluding carboxylic acids is 1. The van der Waals surface area contributed by atoms with Crippen LogP contribution in [0.15, 0.2) is 54.6 Å². The molecular weight excluding hydrogens is 421 g/mol. The van der Waals surface area contributed by atoms with Crippen LogP contribution < -0.4 is 10.1 Å². The van der Waals surface area contributed by atoms with Gasteiger partial charge in [-0.05, 0) is 49.7 Å². The Bertz CT molecular complexity index is 1100. The van der Waals surface area contributed by atoms with Crippen LogP contribution in [-0.4, -0.2) is 55.3 Å². The average Bonchev–Trinajstić information content (AvgIpc) is 3.14. The van der Waals surface area contributed by atoms with Gasteiger partial charge in [-0.3, -0.25) is 9.69 Å². The zero-order valence-electron chi connectivity index (χ0n) is 19.3. The quantitative estimate of drug-likeness (QED) is 0.589. The van der Waals surface area contributed by atoms with Crippen molar-refractivity contribution in [3.8, 4) is 11.4 Å². The van der Waals surface area contributed by atoms with Crippen LogP contribution in [0, 0.1) is 19.7 Å². The van der Waals surface area contributed by atoms with Crippen molar-refractivity contribution in [1.82, 2.24) is 14.8 Å². The van der Waals surface area contributed by atoms with E-state index >= 15 is 0 Å². The lowest BCUT2D eigenvalue weighted by atomic mass is 10.0. The van der Waals surface area contributed by atoms with Crippen LogP contribution >= 0.6 is 0 Å². The number of halogens is 1. The maximum absolute atomic E-state index is 14.4. The molecular formula is C26H30FN3O3. The molecule has 33 heavy (non-hydrogen) atoms. The van der Waals surface area contributed by atoms with E-state index < -0.39 is 0 Å². The third-order valence-electron chi connectivity index (χ3n) is 6.21. The van der Waals surface area contributed by atoms with Crippen LogP contribution in [0.3, 0.4) is 0 Å². The molecule has 4 rings (SSSR count). The fraction of sp³-hybridized carbons (Fsp3) is 0.346. The highest BCUT2D eigenvalue weighted by molar-refractivity contribution is 5.96. The first kappa shape index (κ1) is 23.0. The lowest BCUT2D eigenvalue weighted by Gasteiger charge is -2.35. The number of nitrogens with zero attached hydrogens (tertiary/aromatic N) is 2. The molecule has 7 heteroatoms. The van der Waals surface area contributed by atoms with Gasteiger partial charge in [0.25, 0.3) is 5.91 Å². The summed E-state index contributed by atoms with van der Waals surface area (Å²) >= 11 is 0. The molecule has 1 aliphatic heterocycles. The Labute approximate surface area is 193 Å². The van der Waals surface area contributed by atoms with Gasteiger partial charge in [0.2, 0.25) is 0 Å². The number of ether oxygens (including phenoxy) is 2. The summed E-state index contributed by atoms with van der Waals surface area (Å²) in [7, 11) is 1.65. The van der Waals surface area contributed by atoms with Gasteiger partial charge in [0.05, 0.1) is 37.6 Å². The monoisotopic (exact) mass is 451 g/mol. The van der Waals surface area contributed by atoms with E-state index in [0.29, 0.717) is 36.7 Å². The van der Waals surface area contributed by atoms with Crippen molar-refractivity contribution in [2.75, 3.05) is 40.0 Å². The number of nitrogens with one attached hydrogen (secondary N) is 1. The molecule has 1 N–H and O–H groups in total. The second-order valence-corrected chi connectivity index (χ2v) is 8.22. The zero-order valence-corrected chi connectivity index (χ0v) is 19.3. The Balaban J connectivity index is 1.55. The van der Waals surface area contributed by atoms with Crippen LogP contribution in [0.2, 0.25) is 0 Å². The number of para-hydroxylation sites is 1.